The zero-order valence-corrected chi connectivity index (χ0v) is 16.5. The van der Waals surface area contributed by atoms with Crippen molar-refractivity contribution in [3.63, 3.8) is 0 Å². The molecule has 0 bridgehead atoms. The van der Waals surface area contributed by atoms with Crippen LogP contribution >= 0.6 is 0 Å². The van der Waals surface area contributed by atoms with Gasteiger partial charge in [0.05, 0.1) is 20.0 Å². The standard InChI is InChI=1S/C7H16N2.C6H14N2.C4H10N2/c1-8-5-3-4-6-9(2)7-8;1-7-3-5-8(2)6-4-7;1-5-3-6(2)4-5/h3-7H2,1-2H3;3-6H2,1-2H3;3-4H2,1-2H3. The molecule has 0 aliphatic carbocycles. The van der Waals surface area contributed by atoms with Gasteiger partial charge in [0.2, 0.25) is 0 Å². The summed E-state index contributed by atoms with van der Waals surface area (Å²) in [6, 6.07) is 0. The molecule has 3 rings (SSSR count). The van der Waals surface area contributed by atoms with Gasteiger partial charge in [0.25, 0.3) is 0 Å². The van der Waals surface area contributed by atoms with Crippen LogP contribution in [0.4, 0.5) is 0 Å². The second kappa shape index (κ2) is 11.3. The second-order valence-electron chi connectivity index (χ2n) is 7.61. The summed E-state index contributed by atoms with van der Waals surface area (Å²) in [5, 5.41) is 0. The molecule has 0 aromatic rings. The number of likely N-dealkylation sites (N-methyl/N-ethyl adjacent to an activating group) is 2. The Balaban J connectivity index is 0.000000176. The van der Waals surface area contributed by atoms with Crippen LogP contribution < -0.4 is 0 Å². The Bertz CT molecular complexity index is 261. The Morgan fingerprint density at radius 3 is 0.913 bits per heavy atom. The lowest BCUT2D eigenvalue weighted by atomic mass is 10.3. The van der Waals surface area contributed by atoms with Gasteiger partial charge in [0, 0.05) is 26.2 Å². The highest BCUT2D eigenvalue weighted by atomic mass is 15.5. The Hall–Kier alpha value is -0.240. The third kappa shape index (κ3) is 10.3. The molecular formula is C17H40N6. The summed E-state index contributed by atoms with van der Waals surface area (Å²) in [5.74, 6) is 0. The minimum absolute atomic E-state index is 1.14. The molecule has 138 valence electrons. The summed E-state index contributed by atoms with van der Waals surface area (Å²) < 4.78 is 0. The molecule has 3 heterocycles. The first-order chi connectivity index (χ1) is 10.9. The quantitative estimate of drug-likeness (QED) is 0.630. The first kappa shape index (κ1) is 20.8. The van der Waals surface area contributed by atoms with Crippen molar-refractivity contribution in [1.82, 2.24) is 29.4 Å². The van der Waals surface area contributed by atoms with E-state index in [0.29, 0.717) is 0 Å². The van der Waals surface area contributed by atoms with E-state index in [4.69, 9.17) is 0 Å². The fourth-order valence-electron chi connectivity index (χ4n) is 3.01. The van der Waals surface area contributed by atoms with Gasteiger partial charge in [-0.3, -0.25) is 19.6 Å². The highest BCUT2D eigenvalue weighted by molar-refractivity contribution is 4.64. The van der Waals surface area contributed by atoms with E-state index in [1.54, 1.807) is 0 Å². The van der Waals surface area contributed by atoms with E-state index in [-0.39, 0.29) is 0 Å². The monoisotopic (exact) mass is 328 g/mol. The molecule has 3 fully saturated rings. The van der Waals surface area contributed by atoms with Crippen LogP contribution in [0.15, 0.2) is 0 Å². The van der Waals surface area contributed by atoms with Crippen molar-refractivity contribution in [2.45, 2.75) is 12.8 Å². The normalized spacial score (nSPS) is 26.3. The molecule has 0 aromatic carbocycles. The highest BCUT2D eigenvalue weighted by Crippen LogP contribution is 2.01. The van der Waals surface area contributed by atoms with Gasteiger partial charge < -0.3 is 9.80 Å². The van der Waals surface area contributed by atoms with Crippen LogP contribution in [0, 0.1) is 0 Å². The Kier molecular flexibility index (Phi) is 10.3. The number of hydrogen-bond acceptors (Lipinski definition) is 6. The van der Waals surface area contributed by atoms with E-state index < -0.39 is 0 Å². The van der Waals surface area contributed by atoms with Gasteiger partial charge >= 0.3 is 0 Å². The van der Waals surface area contributed by atoms with Gasteiger partial charge in [-0.25, -0.2) is 0 Å². The predicted octanol–water partition coefficient (Wildman–Crippen LogP) is 0.244. The molecular weight excluding hydrogens is 288 g/mol. The van der Waals surface area contributed by atoms with Gasteiger partial charge in [-0.2, -0.15) is 0 Å². The van der Waals surface area contributed by atoms with Gasteiger partial charge in [0.15, 0.2) is 0 Å². The summed E-state index contributed by atoms with van der Waals surface area (Å²) in [6.45, 7) is 10.9. The molecule has 0 N–H and O–H groups in total. The van der Waals surface area contributed by atoms with Crippen LogP contribution in [0.2, 0.25) is 0 Å². The van der Waals surface area contributed by atoms with E-state index in [2.05, 4.69) is 71.7 Å². The van der Waals surface area contributed by atoms with Crippen LogP contribution in [0.5, 0.6) is 0 Å². The third-order valence-corrected chi connectivity index (χ3v) is 4.51. The third-order valence-electron chi connectivity index (χ3n) is 4.51. The van der Waals surface area contributed by atoms with Gasteiger partial charge in [-0.1, -0.05) is 0 Å². The van der Waals surface area contributed by atoms with Crippen LogP contribution in [0.25, 0.3) is 0 Å². The highest BCUT2D eigenvalue weighted by Gasteiger charge is 2.13. The SMILES string of the molecule is CN1CCCCN(C)C1.CN1CCN(C)CC1.CN1CN(C)C1. The van der Waals surface area contributed by atoms with Gasteiger partial charge in [0.1, 0.15) is 0 Å². The first-order valence-electron chi connectivity index (χ1n) is 8.98. The van der Waals surface area contributed by atoms with Crippen LogP contribution in [-0.2, 0) is 0 Å². The molecule has 0 unspecified atom stereocenters. The number of piperazine rings is 1. The van der Waals surface area contributed by atoms with E-state index in [9.17, 15) is 0 Å². The van der Waals surface area contributed by atoms with Crippen LogP contribution in [0.1, 0.15) is 12.8 Å². The van der Waals surface area contributed by atoms with Crippen molar-refractivity contribution in [3.05, 3.63) is 0 Å². The zero-order chi connectivity index (χ0) is 17.2. The summed E-state index contributed by atoms with van der Waals surface area (Å²) in [4.78, 5) is 14.0. The van der Waals surface area contributed by atoms with E-state index >= 15 is 0 Å². The maximum atomic E-state index is 2.37. The summed E-state index contributed by atoms with van der Waals surface area (Å²) >= 11 is 0. The fourth-order valence-corrected chi connectivity index (χ4v) is 3.01. The maximum Gasteiger partial charge on any atom is 0.0523 e. The molecule has 23 heavy (non-hydrogen) atoms. The molecule has 6 nitrogen and oxygen atoms in total. The number of hydrogen-bond donors (Lipinski definition) is 0. The molecule has 0 saturated carbocycles. The summed E-state index contributed by atoms with van der Waals surface area (Å²) in [6.07, 6.45) is 2.72. The van der Waals surface area contributed by atoms with Crippen molar-refractivity contribution >= 4 is 0 Å². The van der Waals surface area contributed by atoms with Crippen molar-refractivity contribution in [2.75, 3.05) is 102 Å². The lowest BCUT2D eigenvalue weighted by Crippen LogP contribution is -2.50. The minimum Gasteiger partial charge on any atom is -0.304 e. The average molecular weight is 329 g/mol. The first-order valence-corrected chi connectivity index (χ1v) is 8.98. The summed E-state index contributed by atoms with van der Waals surface area (Å²) in [7, 11) is 12.9. The van der Waals surface area contributed by atoms with Crippen molar-refractivity contribution < 1.29 is 0 Å². The predicted molar refractivity (Wildman–Crippen MR) is 99.6 cm³/mol. The maximum absolute atomic E-state index is 2.37. The Labute approximate surface area is 144 Å². The Morgan fingerprint density at radius 1 is 0.348 bits per heavy atom. The number of nitrogens with zero attached hydrogens (tertiary/aromatic N) is 6. The smallest absolute Gasteiger partial charge is 0.0523 e. The van der Waals surface area contributed by atoms with E-state index in [0.717, 1.165) is 20.0 Å². The van der Waals surface area contributed by atoms with E-state index in [1.807, 2.05) is 0 Å². The average Bonchev–Trinajstić information content (AvgIpc) is 2.65. The van der Waals surface area contributed by atoms with E-state index in [1.165, 1.54) is 52.1 Å². The molecule has 0 atom stereocenters. The van der Waals surface area contributed by atoms with Crippen molar-refractivity contribution in [2.24, 2.45) is 0 Å². The lowest BCUT2D eigenvalue weighted by Gasteiger charge is -2.36. The lowest BCUT2D eigenvalue weighted by molar-refractivity contribution is 0.0149. The largest absolute Gasteiger partial charge is 0.304 e. The van der Waals surface area contributed by atoms with Crippen LogP contribution in [0.3, 0.4) is 0 Å². The van der Waals surface area contributed by atoms with Crippen molar-refractivity contribution in [3.8, 4) is 0 Å². The molecule has 3 saturated heterocycles. The fraction of sp³-hybridized carbons (Fsp3) is 1.00. The van der Waals surface area contributed by atoms with Gasteiger partial charge in [-0.05, 0) is 68.2 Å². The second-order valence-corrected chi connectivity index (χ2v) is 7.61. The summed E-state index contributed by atoms with van der Waals surface area (Å²) in [5.41, 5.74) is 0. The topological polar surface area (TPSA) is 19.4 Å². The molecule has 0 spiro atoms. The molecule has 0 amide bonds. The molecule has 0 aromatic heterocycles. The molecule has 3 aliphatic rings. The van der Waals surface area contributed by atoms with Crippen LogP contribution in [-0.4, -0.2) is 131 Å². The van der Waals surface area contributed by atoms with Crippen molar-refractivity contribution in [1.29, 1.82) is 0 Å². The molecule has 3 aliphatic heterocycles. The number of rotatable bonds is 0. The minimum atomic E-state index is 1.14. The van der Waals surface area contributed by atoms with Gasteiger partial charge in [-0.15, -0.1) is 0 Å². The Morgan fingerprint density at radius 2 is 0.652 bits per heavy atom. The zero-order valence-electron chi connectivity index (χ0n) is 16.5. The molecule has 0 radical (unpaired) electrons. The molecule has 6 heteroatoms.